The number of halogens is 1. The van der Waals surface area contributed by atoms with E-state index in [9.17, 15) is 9.18 Å². The van der Waals surface area contributed by atoms with Gasteiger partial charge in [0.15, 0.2) is 0 Å². The molecule has 1 aromatic heterocycles. The van der Waals surface area contributed by atoms with Crippen LogP contribution in [0.4, 0.5) is 4.39 Å². The van der Waals surface area contributed by atoms with Crippen molar-refractivity contribution in [3.8, 4) is 11.4 Å². The lowest BCUT2D eigenvalue weighted by Crippen LogP contribution is -2.30. The van der Waals surface area contributed by atoms with Crippen LogP contribution in [0.1, 0.15) is 23.9 Å². The molecule has 0 aliphatic carbocycles. The SMILES string of the molecule is CCOC(=O)CN(Cc1ccc(F)cc1)Cc1nc(-c2ccc(C)cc2)no1. The van der Waals surface area contributed by atoms with Crippen LogP contribution in [0.3, 0.4) is 0 Å². The van der Waals surface area contributed by atoms with E-state index in [1.165, 1.54) is 12.1 Å². The van der Waals surface area contributed by atoms with Crippen LogP contribution >= 0.6 is 0 Å². The first-order chi connectivity index (χ1) is 13.5. The molecule has 0 N–H and O–H groups in total. The lowest BCUT2D eigenvalue weighted by atomic mass is 10.1. The van der Waals surface area contributed by atoms with Crippen LogP contribution in [0.15, 0.2) is 53.1 Å². The number of carbonyl (C=O) groups is 1. The first kappa shape index (κ1) is 19.7. The van der Waals surface area contributed by atoms with E-state index >= 15 is 0 Å². The maximum atomic E-state index is 13.1. The molecule has 0 fully saturated rings. The second-order valence-corrected chi connectivity index (χ2v) is 6.45. The first-order valence-corrected chi connectivity index (χ1v) is 9.05. The molecule has 28 heavy (non-hydrogen) atoms. The molecule has 0 unspecified atom stereocenters. The van der Waals surface area contributed by atoms with Gasteiger partial charge in [0.1, 0.15) is 5.82 Å². The molecule has 0 aliphatic heterocycles. The molecule has 0 atom stereocenters. The van der Waals surface area contributed by atoms with Crippen molar-refractivity contribution in [3.05, 3.63) is 71.4 Å². The average Bonchev–Trinajstić information content (AvgIpc) is 3.13. The fourth-order valence-corrected chi connectivity index (χ4v) is 2.74. The summed E-state index contributed by atoms with van der Waals surface area (Å²) >= 11 is 0. The fourth-order valence-electron chi connectivity index (χ4n) is 2.74. The Hall–Kier alpha value is -3.06. The van der Waals surface area contributed by atoms with Gasteiger partial charge in [-0.1, -0.05) is 47.1 Å². The van der Waals surface area contributed by atoms with Crippen molar-refractivity contribution in [2.45, 2.75) is 26.9 Å². The molecule has 1 heterocycles. The molecule has 2 aromatic carbocycles. The van der Waals surface area contributed by atoms with Crippen LogP contribution in [-0.4, -0.2) is 34.2 Å². The minimum absolute atomic E-state index is 0.0630. The number of esters is 1. The van der Waals surface area contributed by atoms with Crippen LogP contribution in [0.5, 0.6) is 0 Å². The Bertz CT molecular complexity index is 907. The molecule has 146 valence electrons. The van der Waals surface area contributed by atoms with Crippen molar-refractivity contribution in [2.24, 2.45) is 0 Å². The van der Waals surface area contributed by atoms with E-state index in [2.05, 4.69) is 10.1 Å². The van der Waals surface area contributed by atoms with E-state index in [1.54, 1.807) is 19.1 Å². The standard InChI is InChI=1S/C21H22FN3O3/c1-3-27-20(26)14-25(12-16-6-10-18(22)11-7-16)13-19-23-21(24-28-19)17-8-4-15(2)5-9-17/h4-11H,3,12-14H2,1-2H3. The number of hydrogen-bond acceptors (Lipinski definition) is 6. The largest absolute Gasteiger partial charge is 0.465 e. The third-order valence-corrected chi connectivity index (χ3v) is 4.11. The molecule has 7 heteroatoms. The molecule has 0 radical (unpaired) electrons. The number of nitrogens with zero attached hydrogens (tertiary/aromatic N) is 3. The summed E-state index contributed by atoms with van der Waals surface area (Å²) < 4.78 is 23.6. The summed E-state index contributed by atoms with van der Waals surface area (Å²) in [5.41, 5.74) is 2.87. The predicted molar refractivity (Wildman–Crippen MR) is 102 cm³/mol. The Balaban J connectivity index is 1.73. The van der Waals surface area contributed by atoms with Gasteiger partial charge < -0.3 is 9.26 Å². The predicted octanol–water partition coefficient (Wildman–Crippen LogP) is 3.75. The number of ether oxygens (including phenoxy) is 1. The van der Waals surface area contributed by atoms with Gasteiger partial charge in [-0.15, -0.1) is 0 Å². The topological polar surface area (TPSA) is 68.5 Å². The number of carbonyl (C=O) groups excluding carboxylic acids is 1. The van der Waals surface area contributed by atoms with E-state index in [-0.39, 0.29) is 24.9 Å². The van der Waals surface area contributed by atoms with Crippen molar-refractivity contribution in [1.82, 2.24) is 15.0 Å². The summed E-state index contributed by atoms with van der Waals surface area (Å²) in [6, 6.07) is 14.0. The van der Waals surface area contributed by atoms with Crippen molar-refractivity contribution in [1.29, 1.82) is 0 Å². The summed E-state index contributed by atoms with van der Waals surface area (Å²) in [4.78, 5) is 18.2. The van der Waals surface area contributed by atoms with Gasteiger partial charge in [-0.2, -0.15) is 4.98 Å². The minimum Gasteiger partial charge on any atom is -0.465 e. The summed E-state index contributed by atoms with van der Waals surface area (Å²) in [5, 5.41) is 4.02. The van der Waals surface area contributed by atoms with Crippen LogP contribution < -0.4 is 0 Å². The van der Waals surface area contributed by atoms with Gasteiger partial charge in [0.05, 0.1) is 19.7 Å². The molecular weight excluding hydrogens is 361 g/mol. The van der Waals surface area contributed by atoms with Crippen molar-refractivity contribution >= 4 is 5.97 Å². The normalized spacial score (nSPS) is 11.0. The third kappa shape index (κ3) is 5.47. The van der Waals surface area contributed by atoms with Gasteiger partial charge in [-0.05, 0) is 31.5 Å². The second kappa shape index (κ2) is 9.23. The highest BCUT2D eigenvalue weighted by molar-refractivity contribution is 5.71. The van der Waals surface area contributed by atoms with Gasteiger partial charge in [-0.3, -0.25) is 9.69 Å². The van der Waals surface area contributed by atoms with Crippen LogP contribution in [-0.2, 0) is 22.6 Å². The smallest absolute Gasteiger partial charge is 0.320 e. The Labute approximate surface area is 162 Å². The van der Waals surface area contributed by atoms with Gasteiger partial charge in [0.2, 0.25) is 11.7 Å². The van der Waals surface area contributed by atoms with E-state index in [0.717, 1.165) is 16.7 Å². The molecule has 0 saturated heterocycles. The summed E-state index contributed by atoms with van der Waals surface area (Å²) in [6.45, 7) is 4.83. The van der Waals surface area contributed by atoms with E-state index in [4.69, 9.17) is 9.26 Å². The van der Waals surface area contributed by atoms with Crippen molar-refractivity contribution in [3.63, 3.8) is 0 Å². The first-order valence-electron chi connectivity index (χ1n) is 9.05. The number of aromatic nitrogens is 2. The van der Waals surface area contributed by atoms with Gasteiger partial charge in [0.25, 0.3) is 0 Å². The Morgan fingerprint density at radius 2 is 1.82 bits per heavy atom. The van der Waals surface area contributed by atoms with Crippen molar-refractivity contribution in [2.75, 3.05) is 13.2 Å². The monoisotopic (exact) mass is 383 g/mol. The summed E-state index contributed by atoms with van der Waals surface area (Å²) in [5.74, 6) is 0.234. The number of rotatable bonds is 8. The zero-order valence-corrected chi connectivity index (χ0v) is 15.9. The fraction of sp³-hybridized carbons (Fsp3) is 0.286. The molecule has 3 aromatic rings. The van der Waals surface area contributed by atoms with Crippen LogP contribution in [0.25, 0.3) is 11.4 Å². The molecule has 0 aliphatic rings. The second-order valence-electron chi connectivity index (χ2n) is 6.45. The minimum atomic E-state index is -0.345. The molecule has 6 nitrogen and oxygen atoms in total. The van der Waals surface area contributed by atoms with Crippen molar-refractivity contribution < 1.29 is 18.4 Å². The van der Waals surface area contributed by atoms with Gasteiger partial charge in [0, 0.05) is 12.1 Å². The van der Waals surface area contributed by atoms with Crippen LogP contribution in [0.2, 0.25) is 0 Å². The zero-order chi connectivity index (χ0) is 19.9. The van der Waals surface area contributed by atoms with Gasteiger partial charge >= 0.3 is 5.97 Å². The zero-order valence-electron chi connectivity index (χ0n) is 15.9. The molecule has 3 rings (SSSR count). The molecule has 0 amide bonds. The lowest BCUT2D eigenvalue weighted by molar-refractivity contribution is -0.144. The lowest BCUT2D eigenvalue weighted by Gasteiger charge is -2.19. The number of hydrogen-bond donors (Lipinski definition) is 0. The van der Waals surface area contributed by atoms with E-state index in [0.29, 0.717) is 24.9 Å². The average molecular weight is 383 g/mol. The molecule has 0 bridgehead atoms. The molecular formula is C21H22FN3O3. The highest BCUT2D eigenvalue weighted by atomic mass is 19.1. The highest BCUT2D eigenvalue weighted by Gasteiger charge is 2.17. The van der Waals surface area contributed by atoms with E-state index < -0.39 is 0 Å². The Morgan fingerprint density at radius 1 is 1.11 bits per heavy atom. The summed E-state index contributed by atoms with van der Waals surface area (Å²) in [7, 11) is 0. The number of benzene rings is 2. The maximum absolute atomic E-state index is 13.1. The van der Waals surface area contributed by atoms with Gasteiger partial charge in [-0.25, -0.2) is 4.39 Å². The quantitative estimate of drug-likeness (QED) is 0.552. The maximum Gasteiger partial charge on any atom is 0.320 e. The number of aryl methyl sites for hydroxylation is 1. The highest BCUT2D eigenvalue weighted by Crippen LogP contribution is 2.17. The Morgan fingerprint density at radius 3 is 2.50 bits per heavy atom. The molecule has 0 saturated carbocycles. The summed E-state index contributed by atoms with van der Waals surface area (Å²) in [6.07, 6.45) is 0. The van der Waals surface area contributed by atoms with Crippen LogP contribution in [0, 0.1) is 12.7 Å². The van der Waals surface area contributed by atoms with E-state index in [1.807, 2.05) is 36.1 Å². The molecule has 0 spiro atoms. The third-order valence-electron chi connectivity index (χ3n) is 4.11. The Kier molecular flexibility index (Phi) is 6.49.